The molecular weight excluding hydrogens is 206 g/mol. The number of carbonyl (C=O) groups excluding carboxylic acids is 1. The summed E-state index contributed by atoms with van der Waals surface area (Å²) in [6.07, 6.45) is 2.08. The van der Waals surface area contributed by atoms with Crippen LogP contribution in [0.3, 0.4) is 0 Å². The standard InChI is InChI=1S/C12H15NO3/c13-10-5-3-9(4-6-10)12(14)16-8-11-2-1-7-15-11/h3-6,11H,1-2,7-8,13H2. The normalized spacial score (nSPS) is 19.6. The number of nitrogens with two attached hydrogens (primary N) is 1. The minimum atomic E-state index is -0.324. The molecule has 4 nitrogen and oxygen atoms in total. The Labute approximate surface area is 94.3 Å². The Morgan fingerprint density at radius 2 is 2.19 bits per heavy atom. The van der Waals surface area contributed by atoms with Gasteiger partial charge in [0.2, 0.25) is 0 Å². The first-order valence-electron chi connectivity index (χ1n) is 5.40. The minimum Gasteiger partial charge on any atom is -0.459 e. The molecule has 1 aromatic carbocycles. The van der Waals surface area contributed by atoms with Crippen LogP contribution >= 0.6 is 0 Å². The van der Waals surface area contributed by atoms with Crippen LogP contribution in [-0.2, 0) is 9.47 Å². The summed E-state index contributed by atoms with van der Waals surface area (Å²) in [5.41, 5.74) is 6.68. The van der Waals surface area contributed by atoms with Crippen LogP contribution < -0.4 is 5.73 Å². The largest absolute Gasteiger partial charge is 0.459 e. The lowest BCUT2D eigenvalue weighted by Crippen LogP contribution is -2.17. The number of rotatable bonds is 3. The van der Waals surface area contributed by atoms with Gasteiger partial charge in [-0.05, 0) is 37.1 Å². The molecule has 0 bridgehead atoms. The summed E-state index contributed by atoms with van der Waals surface area (Å²) in [4.78, 5) is 11.6. The molecule has 1 unspecified atom stereocenters. The van der Waals surface area contributed by atoms with E-state index in [1.165, 1.54) is 0 Å². The number of hydrogen-bond donors (Lipinski definition) is 1. The SMILES string of the molecule is Nc1ccc(C(=O)OCC2CCCO2)cc1. The van der Waals surface area contributed by atoms with Gasteiger partial charge in [0.15, 0.2) is 0 Å². The Morgan fingerprint density at radius 1 is 1.44 bits per heavy atom. The van der Waals surface area contributed by atoms with Crippen LogP contribution in [0.15, 0.2) is 24.3 Å². The maximum absolute atomic E-state index is 11.6. The second kappa shape index (κ2) is 4.99. The monoisotopic (exact) mass is 221 g/mol. The lowest BCUT2D eigenvalue weighted by molar-refractivity contribution is 0.0161. The highest BCUT2D eigenvalue weighted by molar-refractivity contribution is 5.89. The fraction of sp³-hybridized carbons (Fsp3) is 0.417. The van der Waals surface area contributed by atoms with Crippen LogP contribution in [0.2, 0.25) is 0 Å². The molecule has 4 heteroatoms. The number of nitrogen functional groups attached to an aromatic ring is 1. The molecule has 86 valence electrons. The first kappa shape index (κ1) is 11.0. The first-order chi connectivity index (χ1) is 7.75. The average molecular weight is 221 g/mol. The van der Waals surface area contributed by atoms with Crippen molar-refractivity contribution in [1.29, 1.82) is 0 Å². The lowest BCUT2D eigenvalue weighted by atomic mass is 10.2. The van der Waals surface area contributed by atoms with Gasteiger partial charge in [0.05, 0.1) is 11.7 Å². The van der Waals surface area contributed by atoms with Crippen molar-refractivity contribution in [1.82, 2.24) is 0 Å². The van der Waals surface area contributed by atoms with E-state index in [-0.39, 0.29) is 12.1 Å². The topological polar surface area (TPSA) is 61.6 Å². The molecule has 0 spiro atoms. The number of ether oxygens (including phenoxy) is 2. The predicted molar refractivity (Wildman–Crippen MR) is 60.1 cm³/mol. The van der Waals surface area contributed by atoms with Crippen molar-refractivity contribution in [3.63, 3.8) is 0 Å². The summed E-state index contributed by atoms with van der Waals surface area (Å²) in [5, 5.41) is 0. The van der Waals surface area contributed by atoms with Gasteiger partial charge in [-0.1, -0.05) is 0 Å². The van der Waals surface area contributed by atoms with E-state index in [0.29, 0.717) is 17.9 Å². The summed E-state index contributed by atoms with van der Waals surface area (Å²) in [7, 11) is 0. The molecule has 2 N–H and O–H groups in total. The highest BCUT2D eigenvalue weighted by Crippen LogP contribution is 2.13. The number of anilines is 1. The molecule has 0 amide bonds. The second-order valence-electron chi connectivity index (χ2n) is 3.86. The zero-order valence-corrected chi connectivity index (χ0v) is 9.02. The fourth-order valence-corrected chi connectivity index (χ4v) is 1.65. The van der Waals surface area contributed by atoms with Crippen LogP contribution in [0, 0.1) is 0 Å². The molecule has 1 aliphatic heterocycles. The average Bonchev–Trinajstić information content (AvgIpc) is 2.80. The van der Waals surface area contributed by atoms with Crippen LogP contribution in [0.25, 0.3) is 0 Å². The van der Waals surface area contributed by atoms with Crippen LogP contribution in [-0.4, -0.2) is 25.3 Å². The van der Waals surface area contributed by atoms with Gasteiger partial charge in [-0.15, -0.1) is 0 Å². The third-order valence-electron chi connectivity index (χ3n) is 2.57. The van der Waals surface area contributed by atoms with E-state index in [2.05, 4.69) is 0 Å². The highest BCUT2D eigenvalue weighted by Gasteiger charge is 2.17. The summed E-state index contributed by atoms with van der Waals surface area (Å²) in [5.74, 6) is -0.324. The van der Waals surface area contributed by atoms with Crippen molar-refractivity contribution in [2.45, 2.75) is 18.9 Å². The van der Waals surface area contributed by atoms with Crippen molar-refractivity contribution < 1.29 is 14.3 Å². The van der Waals surface area contributed by atoms with Crippen LogP contribution in [0.4, 0.5) is 5.69 Å². The van der Waals surface area contributed by atoms with Gasteiger partial charge in [0.25, 0.3) is 0 Å². The molecule has 0 saturated carbocycles. The number of benzene rings is 1. The molecule has 1 aliphatic rings. The van der Waals surface area contributed by atoms with E-state index in [9.17, 15) is 4.79 Å². The van der Waals surface area contributed by atoms with E-state index >= 15 is 0 Å². The summed E-state index contributed by atoms with van der Waals surface area (Å²) < 4.78 is 10.5. The van der Waals surface area contributed by atoms with Gasteiger partial charge >= 0.3 is 5.97 Å². The Bertz CT molecular complexity index is 355. The lowest BCUT2D eigenvalue weighted by Gasteiger charge is -2.10. The van der Waals surface area contributed by atoms with E-state index in [1.807, 2.05) is 0 Å². The van der Waals surface area contributed by atoms with Gasteiger partial charge < -0.3 is 15.2 Å². The molecule has 1 atom stereocenters. The van der Waals surface area contributed by atoms with Crippen LogP contribution in [0.5, 0.6) is 0 Å². The minimum absolute atomic E-state index is 0.0673. The molecule has 1 heterocycles. The Hall–Kier alpha value is -1.55. The smallest absolute Gasteiger partial charge is 0.338 e. The quantitative estimate of drug-likeness (QED) is 0.622. The highest BCUT2D eigenvalue weighted by atomic mass is 16.6. The number of esters is 1. The molecule has 1 saturated heterocycles. The maximum atomic E-state index is 11.6. The first-order valence-corrected chi connectivity index (χ1v) is 5.40. The van der Waals surface area contributed by atoms with E-state index < -0.39 is 0 Å². The summed E-state index contributed by atoms with van der Waals surface area (Å²) >= 11 is 0. The fourth-order valence-electron chi connectivity index (χ4n) is 1.65. The third-order valence-corrected chi connectivity index (χ3v) is 2.57. The molecule has 1 aromatic rings. The zero-order valence-electron chi connectivity index (χ0n) is 9.02. The Kier molecular flexibility index (Phi) is 3.41. The number of hydrogen-bond acceptors (Lipinski definition) is 4. The molecule has 1 fully saturated rings. The summed E-state index contributed by atoms with van der Waals surface area (Å²) in [6.45, 7) is 1.10. The zero-order chi connectivity index (χ0) is 11.4. The van der Waals surface area contributed by atoms with Crippen molar-refractivity contribution in [3.05, 3.63) is 29.8 Å². The molecule has 0 aromatic heterocycles. The maximum Gasteiger partial charge on any atom is 0.338 e. The van der Waals surface area contributed by atoms with Crippen molar-refractivity contribution in [2.75, 3.05) is 18.9 Å². The Morgan fingerprint density at radius 3 is 2.81 bits per heavy atom. The van der Waals surface area contributed by atoms with E-state index in [4.69, 9.17) is 15.2 Å². The van der Waals surface area contributed by atoms with E-state index in [1.54, 1.807) is 24.3 Å². The second-order valence-corrected chi connectivity index (χ2v) is 3.86. The molecule has 0 aliphatic carbocycles. The van der Waals surface area contributed by atoms with E-state index in [0.717, 1.165) is 19.4 Å². The summed E-state index contributed by atoms with van der Waals surface area (Å²) in [6, 6.07) is 6.69. The predicted octanol–water partition coefficient (Wildman–Crippen LogP) is 1.60. The van der Waals surface area contributed by atoms with Crippen molar-refractivity contribution in [2.24, 2.45) is 0 Å². The number of carbonyl (C=O) groups is 1. The molecule has 2 rings (SSSR count). The van der Waals surface area contributed by atoms with Crippen molar-refractivity contribution >= 4 is 11.7 Å². The third kappa shape index (κ3) is 2.73. The van der Waals surface area contributed by atoms with Gasteiger partial charge in [-0.25, -0.2) is 4.79 Å². The van der Waals surface area contributed by atoms with Gasteiger partial charge in [-0.2, -0.15) is 0 Å². The van der Waals surface area contributed by atoms with Crippen molar-refractivity contribution in [3.8, 4) is 0 Å². The van der Waals surface area contributed by atoms with Gasteiger partial charge in [0.1, 0.15) is 6.61 Å². The molecule has 0 radical (unpaired) electrons. The molecular formula is C12H15NO3. The van der Waals surface area contributed by atoms with Gasteiger partial charge in [-0.3, -0.25) is 0 Å². The Balaban J connectivity index is 1.85. The molecule has 16 heavy (non-hydrogen) atoms. The van der Waals surface area contributed by atoms with Crippen LogP contribution in [0.1, 0.15) is 23.2 Å². The van der Waals surface area contributed by atoms with Gasteiger partial charge in [0, 0.05) is 12.3 Å².